The van der Waals surface area contributed by atoms with Crippen molar-refractivity contribution in [2.24, 2.45) is 0 Å². The Bertz CT molecular complexity index is 1030. The number of pyridine rings is 2. The standard InChI is InChI=1S/C18H12N2O2/c21-17-13(9-11-5-1-3-7-15(11)19-17)14-10-12-6-2-4-8-16(12)20-18(14)22/h1-10H,(H,19,21)(H,20,22). The van der Waals surface area contributed by atoms with Gasteiger partial charge in [0.1, 0.15) is 0 Å². The lowest BCUT2D eigenvalue weighted by Gasteiger charge is -2.05. The molecule has 0 aliphatic heterocycles. The molecule has 106 valence electrons. The second kappa shape index (κ2) is 4.70. The molecule has 4 heteroatoms. The van der Waals surface area contributed by atoms with Crippen LogP contribution in [0.1, 0.15) is 0 Å². The Morgan fingerprint density at radius 1 is 0.591 bits per heavy atom. The van der Waals surface area contributed by atoms with Gasteiger partial charge in [-0.2, -0.15) is 0 Å². The number of hydrogen-bond donors (Lipinski definition) is 2. The van der Waals surface area contributed by atoms with E-state index in [1.54, 1.807) is 12.1 Å². The number of rotatable bonds is 1. The normalized spacial score (nSPS) is 11.1. The van der Waals surface area contributed by atoms with E-state index in [0.29, 0.717) is 11.1 Å². The lowest BCUT2D eigenvalue weighted by Crippen LogP contribution is -2.16. The Kier molecular flexibility index (Phi) is 2.69. The van der Waals surface area contributed by atoms with Gasteiger partial charge in [-0.3, -0.25) is 9.59 Å². The van der Waals surface area contributed by atoms with Crippen LogP contribution in [-0.4, -0.2) is 9.97 Å². The molecule has 2 N–H and O–H groups in total. The van der Waals surface area contributed by atoms with Gasteiger partial charge in [-0.05, 0) is 35.0 Å². The van der Waals surface area contributed by atoms with E-state index in [2.05, 4.69) is 9.97 Å². The van der Waals surface area contributed by atoms with Crippen LogP contribution >= 0.6 is 0 Å². The molecule has 0 aliphatic carbocycles. The quantitative estimate of drug-likeness (QED) is 0.565. The molecule has 0 saturated heterocycles. The fourth-order valence-corrected chi connectivity index (χ4v) is 2.69. The largest absolute Gasteiger partial charge is 0.321 e. The molecule has 0 amide bonds. The zero-order chi connectivity index (χ0) is 15.1. The van der Waals surface area contributed by atoms with E-state index in [1.165, 1.54) is 0 Å². The fourth-order valence-electron chi connectivity index (χ4n) is 2.69. The highest BCUT2D eigenvalue weighted by atomic mass is 16.1. The topological polar surface area (TPSA) is 65.7 Å². The number of hydrogen-bond acceptors (Lipinski definition) is 2. The SMILES string of the molecule is O=c1[nH]c2ccccc2cc1-c1cc2ccccc2[nH]c1=O. The van der Waals surface area contributed by atoms with Crippen molar-refractivity contribution >= 4 is 21.8 Å². The van der Waals surface area contributed by atoms with Crippen molar-refractivity contribution in [3.05, 3.63) is 81.4 Å². The number of aromatic amines is 2. The Labute approximate surface area is 125 Å². The van der Waals surface area contributed by atoms with Crippen molar-refractivity contribution in [3.63, 3.8) is 0 Å². The minimum Gasteiger partial charge on any atom is -0.321 e. The van der Waals surface area contributed by atoms with Crippen LogP contribution in [0, 0.1) is 0 Å². The molecule has 4 nitrogen and oxygen atoms in total. The summed E-state index contributed by atoms with van der Waals surface area (Å²) in [5, 5.41) is 1.79. The first-order valence-electron chi connectivity index (χ1n) is 6.97. The molecule has 0 radical (unpaired) electrons. The van der Waals surface area contributed by atoms with Crippen molar-refractivity contribution in [1.82, 2.24) is 9.97 Å². The van der Waals surface area contributed by atoms with Crippen molar-refractivity contribution in [1.29, 1.82) is 0 Å². The summed E-state index contributed by atoms with van der Waals surface area (Å²) in [6.45, 7) is 0. The Hall–Kier alpha value is -3.14. The van der Waals surface area contributed by atoms with Crippen LogP contribution in [0.2, 0.25) is 0 Å². The summed E-state index contributed by atoms with van der Waals surface area (Å²) in [6, 6.07) is 18.5. The molecule has 4 aromatic rings. The monoisotopic (exact) mass is 288 g/mol. The second-order valence-electron chi connectivity index (χ2n) is 5.20. The van der Waals surface area contributed by atoms with Crippen molar-refractivity contribution < 1.29 is 0 Å². The number of H-pyrrole nitrogens is 2. The Balaban J connectivity index is 2.06. The van der Waals surface area contributed by atoms with Crippen LogP contribution in [0.3, 0.4) is 0 Å². The van der Waals surface area contributed by atoms with Crippen LogP contribution in [0.25, 0.3) is 32.9 Å². The minimum atomic E-state index is -0.264. The van der Waals surface area contributed by atoms with E-state index in [0.717, 1.165) is 21.8 Å². The zero-order valence-corrected chi connectivity index (χ0v) is 11.6. The van der Waals surface area contributed by atoms with Gasteiger partial charge < -0.3 is 9.97 Å². The maximum absolute atomic E-state index is 12.3. The summed E-state index contributed by atoms with van der Waals surface area (Å²) in [4.78, 5) is 30.3. The summed E-state index contributed by atoms with van der Waals surface area (Å²) in [7, 11) is 0. The van der Waals surface area contributed by atoms with Crippen LogP contribution < -0.4 is 11.1 Å². The molecule has 0 saturated carbocycles. The summed E-state index contributed by atoms with van der Waals surface area (Å²) >= 11 is 0. The molecule has 2 aromatic heterocycles. The van der Waals surface area contributed by atoms with E-state index in [9.17, 15) is 9.59 Å². The summed E-state index contributed by atoms with van der Waals surface area (Å²) in [6.07, 6.45) is 0. The van der Waals surface area contributed by atoms with Crippen LogP contribution in [0.15, 0.2) is 70.3 Å². The van der Waals surface area contributed by atoms with Gasteiger partial charge in [0, 0.05) is 11.0 Å². The van der Waals surface area contributed by atoms with Gasteiger partial charge in [-0.1, -0.05) is 36.4 Å². The molecule has 0 bridgehead atoms. The average Bonchev–Trinajstić information content (AvgIpc) is 2.54. The maximum Gasteiger partial charge on any atom is 0.256 e. The van der Waals surface area contributed by atoms with E-state index < -0.39 is 0 Å². The summed E-state index contributed by atoms with van der Waals surface area (Å²) in [5.74, 6) is 0. The van der Waals surface area contributed by atoms with E-state index in [1.807, 2.05) is 48.5 Å². The highest BCUT2D eigenvalue weighted by Crippen LogP contribution is 2.19. The van der Waals surface area contributed by atoms with Crippen LogP contribution in [0.5, 0.6) is 0 Å². The lowest BCUT2D eigenvalue weighted by molar-refractivity contribution is 1.27. The Morgan fingerprint density at radius 2 is 1.00 bits per heavy atom. The smallest absolute Gasteiger partial charge is 0.256 e. The predicted molar refractivity (Wildman–Crippen MR) is 88.1 cm³/mol. The molecule has 2 heterocycles. The summed E-state index contributed by atoms with van der Waals surface area (Å²) in [5.41, 5.74) is 1.75. The molecule has 22 heavy (non-hydrogen) atoms. The number of para-hydroxylation sites is 2. The molecule has 0 atom stereocenters. The van der Waals surface area contributed by atoms with Crippen molar-refractivity contribution in [2.75, 3.05) is 0 Å². The molecule has 0 aliphatic rings. The van der Waals surface area contributed by atoms with E-state index in [4.69, 9.17) is 0 Å². The molecular formula is C18H12N2O2. The average molecular weight is 288 g/mol. The third-order valence-electron chi connectivity index (χ3n) is 3.80. The first-order valence-corrected chi connectivity index (χ1v) is 6.97. The molecule has 4 rings (SSSR count). The molecule has 0 fully saturated rings. The van der Waals surface area contributed by atoms with Crippen LogP contribution in [-0.2, 0) is 0 Å². The van der Waals surface area contributed by atoms with E-state index >= 15 is 0 Å². The second-order valence-corrected chi connectivity index (χ2v) is 5.20. The molecule has 0 unspecified atom stereocenters. The Morgan fingerprint density at radius 3 is 1.45 bits per heavy atom. The number of aromatic nitrogens is 2. The maximum atomic E-state index is 12.3. The van der Waals surface area contributed by atoms with Gasteiger partial charge in [-0.15, -0.1) is 0 Å². The zero-order valence-electron chi connectivity index (χ0n) is 11.6. The minimum absolute atomic E-state index is 0.264. The van der Waals surface area contributed by atoms with Gasteiger partial charge in [0.25, 0.3) is 11.1 Å². The lowest BCUT2D eigenvalue weighted by atomic mass is 10.0. The van der Waals surface area contributed by atoms with Gasteiger partial charge in [0.15, 0.2) is 0 Å². The predicted octanol–water partition coefficient (Wildman–Crippen LogP) is 3.04. The van der Waals surface area contributed by atoms with Gasteiger partial charge >= 0.3 is 0 Å². The highest BCUT2D eigenvalue weighted by molar-refractivity contribution is 5.87. The molecule has 2 aromatic carbocycles. The van der Waals surface area contributed by atoms with Gasteiger partial charge in [0.2, 0.25) is 0 Å². The number of benzene rings is 2. The third-order valence-corrected chi connectivity index (χ3v) is 3.80. The third kappa shape index (κ3) is 1.93. The summed E-state index contributed by atoms with van der Waals surface area (Å²) < 4.78 is 0. The van der Waals surface area contributed by atoms with Crippen molar-refractivity contribution in [3.8, 4) is 11.1 Å². The van der Waals surface area contributed by atoms with E-state index in [-0.39, 0.29) is 11.1 Å². The van der Waals surface area contributed by atoms with Crippen molar-refractivity contribution in [2.45, 2.75) is 0 Å². The van der Waals surface area contributed by atoms with Gasteiger partial charge in [-0.25, -0.2) is 0 Å². The fraction of sp³-hybridized carbons (Fsp3) is 0. The van der Waals surface area contributed by atoms with Crippen LogP contribution in [0.4, 0.5) is 0 Å². The first kappa shape index (κ1) is 12.6. The number of nitrogens with one attached hydrogen (secondary N) is 2. The number of fused-ring (bicyclic) bond motifs is 2. The molecular weight excluding hydrogens is 276 g/mol. The molecule has 0 spiro atoms. The highest BCUT2D eigenvalue weighted by Gasteiger charge is 2.10. The van der Waals surface area contributed by atoms with Gasteiger partial charge in [0.05, 0.1) is 11.1 Å². The first-order chi connectivity index (χ1) is 10.7.